The van der Waals surface area contributed by atoms with E-state index in [0.717, 1.165) is 41.1 Å². The lowest BCUT2D eigenvalue weighted by Crippen LogP contribution is -2.03. The highest BCUT2D eigenvalue weighted by Gasteiger charge is 2.13. The molecule has 0 saturated heterocycles. The zero-order valence-corrected chi connectivity index (χ0v) is 13.1. The topological polar surface area (TPSA) is 30.7 Å². The predicted octanol–water partition coefficient (Wildman–Crippen LogP) is 4.07. The number of alkyl halides is 1. The number of imidazole rings is 1. The number of benzene rings is 1. The van der Waals surface area contributed by atoms with Crippen LogP contribution in [-0.2, 0) is 12.8 Å². The van der Waals surface area contributed by atoms with Crippen molar-refractivity contribution in [1.82, 2.24) is 14.5 Å². The van der Waals surface area contributed by atoms with Crippen molar-refractivity contribution in [3.8, 4) is 5.69 Å². The SMILES string of the molecule is CCc1ccc(-n2c(CCCl)nc3cc(C)cnc32)cc1. The molecule has 108 valence electrons. The predicted molar refractivity (Wildman–Crippen MR) is 87.4 cm³/mol. The molecule has 0 atom stereocenters. The molecule has 0 aliphatic carbocycles. The van der Waals surface area contributed by atoms with Gasteiger partial charge in [0.05, 0.1) is 0 Å². The summed E-state index contributed by atoms with van der Waals surface area (Å²) in [5.74, 6) is 1.51. The molecule has 3 nitrogen and oxygen atoms in total. The zero-order chi connectivity index (χ0) is 14.8. The van der Waals surface area contributed by atoms with Gasteiger partial charge in [-0.2, -0.15) is 0 Å². The highest BCUT2D eigenvalue weighted by molar-refractivity contribution is 6.17. The number of hydrogen-bond donors (Lipinski definition) is 0. The maximum atomic E-state index is 5.93. The molecule has 0 aliphatic heterocycles. The third-order valence-corrected chi connectivity index (χ3v) is 3.81. The van der Waals surface area contributed by atoms with Crippen LogP contribution in [0.1, 0.15) is 23.9 Å². The van der Waals surface area contributed by atoms with E-state index in [1.807, 2.05) is 13.1 Å². The van der Waals surface area contributed by atoms with E-state index in [1.54, 1.807) is 0 Å². The second kappa shape index (κ2) is 5.86. The quantitative estimate of drug-likeness (QED) is 0.680. The fraction of sp³-hybridized carbons (Fsp3) is 0.294. The number of halogens is 1. The average molecular weight is 300 g/mol. The van der Waals surface area contributed by atoms with Gasteiger partial charge in [-0.3, -0.25) is 4.57 Å². The first kappa shape index (κ1) is 14.1. The van der Waals surface area contributed by atoms with Crippen LogP contribution in [-0.4, -0.2) is 20.4 Å². The van der Waals surface area contributed by atoms with Crippen molar-refractivity contribution in [2.45, 2.75) is 26.7 Å². The fourth-order valence-electron chi connectivity index (χ4n) is 2.52. The fourth-order valence-corrected chi connectivity index (χ4v) is 2.69. The van der Waals surface area contributed by atoms with E-state index in [0.29, 0.717) is 5.88 Å². The van der Waals surface area contributed by atoms with Crippen LogP contribution in [0.15, 0.2) is 36.5 Å². The van der Waals surface area contributed by atoms with Gasteiger partial charge in [0, 0.05) is 24.2 Å². The van der Waals surface area contributed by atoms with Crippen molar-refractivity contribution in [3.63, 3.8) is 0 Å². The molecule has 0 saturated carbocycles. The van der Waals surface area contributed by atoms with Crippen molar-refractivity contribution in [1.29, 1.82) is 0 Å². The molecule has 3 rings (SSSR count). The van der Waals surface area contributed by atoms with Crippen LogP contribution in [0, 0.1) is 6.92 Å². The summed E-state index contributed by atoms with van der Waals surface area (Å²) in [6, 6.07) is 10.6. The van der Waals surface area contributed by atoms with Gasteiger partial charge in [0.15, 0.2) is 5.65 Å². The molecule has 3 aromatic rings. The number of fused-ring (bicyclic) bond motifs is 1. The lowest BCUT2D eigenvalue weighted by Gasteiger charge is -2.08. The minimum atomic E-state index is 0.551. The van der Waals surface area contributed by atoms with Crippen molar-refractivity contribution < 1.29 is 0 Å². The van der Waals surface area contributed by atoms with Gasteiger partial charge in [-0.15, -0.1) is 11.6 Å². The molecular formula is C17H18ClN3. The van der Waals surface area contributed by atoms with Crippen LogP contribution in [0.5, 0.6) is 0 Å². The van der Waals surface area contributed by atoms with E-state index in [4.69, 9.17) is 16.6 Å². The van der Waals surface area contributed by atoms with Crippen molar-refractivity contribution >= 4 is 22.8 Å². The molecular weight excluding hydrogens is 282 g/mol. The zero-order valence-electron chi connectivity index (χ0n) is 12.3. The van der Waals surface area contributed by atoms with Gasteiger partial charge in [0.1, 0.15) is 11.3 Å². The Balaban J connectivity index is 2.20. The van der Waals surface area contributed by atoms with Crippen LogP contribution >= 0.6 is 11.6 Å². The second-order valence-corrected chi connectivity index (χ2v) is 5.56. The Morgan fingerprint density at radius 1 is 1.19 bits per heavy atom. The van der Waals surface area contributed by atoms with Crippen molar-refractivity contribution in [2.24, 2.45) is 0 Å². The molecule has 1 aromatic carbocycles. The third kappa shape index (κ3) is 2.66. The first-order valence-corrected chi connectivity index (χ1v) is 7.75. The third-order valence-electron chi connectivity index (χ3n) is 3.62. The Morgan fingerprint density at radius 3 is 2.62 bits per heavy atom. The number of rotatable bonds is 4. The first-order valence-electron chi connectivity index (χ1n) is 7.22. The number of pyridine rings is 1. The van der Waals surface area contributed by atoms with Crippen LogP contribution in [0.3, 0.4) is 0 Å². The molecule has 21 heavy (non-hydrogen) atoms. The average Bonchev–Trinajstić information content (AvgIpc) is 2.85. The van der Waals surface area contributed by atoms with Gasteiger partial charge in [0.2, 0.25) is 0 Å². The summed E-state index contributed by atoms with van der Waals surface area (Å²) in [5, 5.41) is 0. The molecule has 2 heterocycles. The Labute approximate surface area is 129 Å². The molecule has 0 N–H and O–H groups in total. The minimum Gasteiger partial charge on any atom is -0.281 e. The van der Waals surface area contributed by atoms with Gasteiger partial charge < -0.3 is 0 Å². The Kier molecular flexibility index (Phi) is 3.93. The van der Waals surface area contributed by atoms with Gasteiger partial charge in [0.25, 0.3) is 0 Å². The minimum absolute atomic E-state index is 0.551. The number of nitrogens with zero attached hydrogens (tertiary/aromatic N) is 3. The number of hydrogen-bond acceptors (Lipinski definition) is 2. The lowest BCUT2D eigenvalue weighted by molar-refractivity contribution is 0.904. The van der Waals surface area contributed by atoms with Crippen LogP contribution < -0.4 is 0 Å². The molecule has 0 bridgehead atoms. The summed E-state index contributed by atoms with van der Waals surface area (Å²) in [6.45, 7) is 4.19. The maximum Gasteiger partial charge on any atom is 0.164 e. The Bertz CT molecular complexity index is 760. The van der Waals surface area contributed by atoms with E-state index in [1.165, 1.54) is 5.56 Å². The number of aromatic nitrogens is 3. The van der Waals surface area contributed by atoms with E-state index in [2.05, 4.69) is 46.8 Å². The van der Waals surface area contributed by atoms with E-state index < -0.39 is 0 Å². The summed E-state index contributed by atoms with van der Waals surface area (Å²) < 4.78 is 2.11. The van der Waals surface area contributed by atoms with E-state index >= 15 is 0 Å². The van der Waals surface area contributed by atoms with Crippen LogP contribution in [0.4, 0.5) is 0 Å². The lowest BCUT2D eigenvalue weighted by atomic mass is 10.1. The van der Waals surface area contributed by atoms with Crippen LogP contribution in [0.2, 0.25) is 0 Å². The molecule has 0 unspecified atom stereocenters. The maximum absolute atomic E-state index is 5.93. The molecule has 2 aromatic heterocycles. The second-order valence-electron chi connectivity index (χ2n) is 5.18. The molecule has 0 aliphatic rings. The van der Waals surface area contributed by atoms with Gasteiger partial charge in [-0.25, -0.2) is 9.97 Å². The molecule has 0 radical (unpaired) electrons. The van der Waals surface area contributed by atoms with Crippen molar-refractivity contribution in [3.05, 3.63) is 53.5 Å². The van der Waals surface area contributed by atoms with E-state index in [9.17, 15) is 0 Å². The van der Waals surface area contributed by atoms with Crippen LogP contribution in [0.25, 0.3) is 16.9 Å². The summed E-state index contributed by atoms with van der Waals surface area (Å²) in [5.41, 5.74) is 5.35. The highest BCUT2D eigenvalue weighted by Crippen LogP contribution is 2.22. The summed E-state index contributed by atoms with van der Waals surface area (Å²) in [4.78, 5) is 9.26. The highest BCUT2D eigenvalue weighted by atomic mass is 35.5. The van der Waals surface area contributed by atoms with Gasteiger partial charge >= 0.3 is 0 Å². The van der Waals surface area contributed by atoms with E-state index in [-0.39, 0.29) is 0 Å². The van der Waals surface area contributed by atoms with Crippen molar-refractivity contribution in [2.75, 3.05) is 5.88 Å². The summed E-state index contributed by atoms with van der Waals surface area (Å²) >= 11 is 5.93. The van der Waals surface area contributed by atoms with Gasteiger partial charge in [-0.05, 0) is 42.7 Å². The Hall–Kier alpha value is -1.87. The smallest absolute Gasteiger partial charge is 0.164 e. The molecule has 0 fully saturated rings. The summed E-state index contributed by atoms with van der Waals surface area (Å²) in [6.07, 6.45) is 3.65. The Morgan fingerprint density at radius 2 is 1.95 bits per heavy atom. The largest absolute Gasteiger partial charge is 0.281 e. The normalized spacial score (nSPS) is 11.2. The monoisotopic (exact) mass is 299 g/mol. The first-order chi connectivity index (χ1) is 10.2. The molecule has 0 spiro atoms. The molecule has 4 heteroatoms. The summed E-state index contributed by atoms with van der Waals surface area (Å²) in [7, 11) is 0. The molecule has 0 amide bonds. The van der Waals surface area contributed by atoms with Gasteiger partial charge in [-0.1, -0.05) is 19.1 Å². The standard InChI is InChI=1S/C17H18ClN3/c1-3-13-4-6-14(7-5-13)21-16(8-9-18)20-15-10-12(2)11-19-17(15)21/h4-7,10-11H,3,8-9H2,1-2H3. The number of aryl methyl sites for hydroxylation is 3.